The van der Waals surface area contributed by atoms with Gasteiger partial charge in [-0.3, -0.25) is 4.68 Å². The molecule has 0 amide bonds. The van der Waals surface area contributed by atoms with Crippen LogP contribution in [0, 0.1) is 5.82 Å². The Kier molecular flexibility index (Phi) is 4.02. The van der Waals surface area contributed by atoms with Gasteiger partial charge in [-0.1, -0.05) is 6.92 Å². The minimum absolute atomic E-state index is 0.0392. The number of hydrogen-bond donors (Lipinski definition) is 1. The summed E-state index contributed by atoms with van der Waals surface area (Å²) in [6, 6.07) is 2.37. The van der Waals surface area contributed by atoms with E-state index in [1.54, 1.807) is 24.1 Å². The number of ether oxygens (including phenoxy) is 1. The summed E-state index contributed by atoms with van der Waals surface area (Å²) >= 11 is 0. The van der Waals surface area contributed by atoms with Crippen LogP contribution in [0.4, 0.5) is 10.1 Å². The van der Waals surface area contributed by atoms with Crippen molar-refractivity contribution in [1.29, 1.82) is 0 Å². The zero-order chi connectivity index (χ0) is 14.7. The number of hydrogen-bond acceptors (Lipinski definition) is 4. The molecule has 0 unspecified atom stereocenters. The van der Waals surface area contributed by atoms with Crippen LogP contribution in [0.15, 0.2) is 24.5 Å². The first-order chi connectivity index (χ1) is 9.52. The van der Waals surface area contributed by atoms with Gasteiger partial charge in [0.25, 0.3) is 0 Å². The van der Waals surface area contributed by atoms with E-state index in [0.29, 0.717) is 17.5 Å². The molecule has 0 fully saturated rings. The largest absolute Gasteiger partial charge is 0.462 e. The van der Waals surface area contributed by atoms with Crippen LogP contribution in [0.1, 0.15) is 23.7 Å². The normalized spacial score (nSPS) is 10.6. The third-order valence-corrected chi connectivity index (χ3v) is 2.82. The van der Waals surface area contributed by atoms with Gasteiger partial charge in [-0.25, -0.2) is 9.18 Å². The Morgan fingerprint density at radius 3 is 2.85 bits per heavy atom. The number of carbonyl (C=O) groups excluding carboxylic acids is 1. The maximum Gasteiger partial charge on any atom is 0.340 e. The third-order valence-electron chi connectivity index (χ3n) is 2.82. The van der Waals surface area contributed by atoms with Crippen LogP contribution in [0.5, 0.6) is 0 Å². The molecule has 20 heavy (non-hydrogen) atoms. The SMILES string of the molecule is CCCOC(=O)c1cc(F)cc(-c2cnn(C)c2)c1N. The van der Waals surface area contributed by atoms with Crippen molar-refractivity contribution in [1.82, 2.24) is 9.78 Å². The van der Waals surface area contributed by atoms with Crippen molar-refractivity contribution in [2.45, 2.75) is 13.3 Å². The second kappa shape index (κ2) is 5.73. The van der Waals surface area contributed by atoms with E-state index in [1.807, 2.05) is 6.92 Å². The number of nitrogens with two attached hydrogens (primary N) is 1. The predicted molar refractivity (Wildman–Crippen MR) is 73.6 cm³/mol. The van der Waals surface area contributed by atoms with Crippen LogP contribution < -0.4 is 5.73 Å². The average Bonchev–Trinajstić information content (AvgIpc) is 2.84. The first kappa shape index (κ1) is 14.0. The van der Waals surface area contributed by atoms with Gasteiger partial charge in [0.05, 0.1) is 24.1 Å². The fourth-order valence-electron chi connectivity index (χ4n) is 1.86. The third kappa shape index (κ3) is 2.79. The van der Waals surface area contributed by atoms with Gasteiger partial charge in [-0.2, -0.15) is 5.10 Å². The molecule has 1 aromatic carbocycles. The first-order valence-corrected chi connectivity index (χ1v) is 6.28. The monoisotopic (exact) mass is 277 g/mol. The first-order valence-electron chi connectivity index (χ1n) is 6.28. The molecule has 5 nitrogen and oxygen atoms in total. The van der Waals surface area contributed by atoms with Crippen LogP contribution >= 0.6 is 0 Å². The number of aryl methyl sites for hydroxylation is 1. The van der Waals surface area contributed by atoms with E-state index in [9.17, 15) is 9.18 Å². The van der Waals surface area contributed by atoms with Crippen LogP contribution in [0.25, 0.3) is 11.1 Å². The van der Waals surface area contributed by atoms with Gasteiger partial charge in [0.1, 0.15) is 5.82 Å². The molecule has 106 valence electrons. The summed E-state index contributed by atoms with van der Waals surface area (Å²) in [7, 11) is 1.75. The molecule has 0 radical (unpaired) electrons. The number of halogens is 1. The Balaban J connectivity index is 2.45. The maximum absolute atomic E-state index is 13.7. The van der Waals surface area contributed by atoms with Gasteiger partial charge < -0.3 is 10.5 Å². The predicted octanol–water partition coefficient (Wildman–Crippen LogP) is 2.38. The van der Waals surface area contributed by atoms with Gasteiger partial charge in [-0.05, 0) is 18.6 Å². The Hall–Kier alpha value is -2.37. The van der Waals surface area contributed by atoms with E-state index in [0.717, 1.165) is 6.07 Å². The van der Waals surface area contributed by atoms with Gasteiger partial charge in [0.2, 0.25) is 0 Å². The van der Waals surface area contributed by atoms with Crippen LogP contribution in [0.2, 0.25) is 0 Å². The number of anilines is 1. The highest BCUT2D eigenvalue weighted by Crippen LogP contribution is 2.30. The van der Waals surface area contributed by atoms with E-state index in [-0.39, 0.29) is 17.9 Å². The lowest BCUT2D eigenvalue weighted by Gasteiger charge is -2.10. The number of nitrogen functional groups attached to an aromatic ring is 1. The van der Waals surface area contributed by atoms with Gasteiger partial charge in [-0.15, -0.1) is 0 Å². The summed E-state index contributed by atoms with van der Waals surface area (Å²) in [5.41, 5.74) is 7.27. The fourth-order valence-corrected chi connectivity index (χ4v) is 1.86. The Morgan fingerprint density at radius 2 is 2.25 bits per heavy atom. The number of aromatic nitrogens is 2. The topological polar surface area (TPSA) is 70.1 Å². The molecule has 2 rings (SSSR count). The molecule has 0 aliphatic carbocycles. The van der Waals surface area contributed by atoms with E-state index < -0.39 is 11.8 Å². The molecule has 0 bridgehead atoms. The Bertz CT molecular complexity index is 637. The maximum atomic E-state index is 13.7. The molecule has 0 saturated carbocycles. The van der Waals surface area contributed by atoms with E-state index in [1.165, 1.54) is 6.07 Å². The van der Waals surface area contributed by atoms with E-state index >= 15 is 0 Å². The van der Waals surface area contributed by atoms with Crippen LogP contribution in [-0.2, 0) is 11.8 Å². The number of nitrogens with zero attached hydrogens (tertiary/aromatic N) is 2. The Labute approximate surface area is 116 Å². The van der Waals surface area contributed by atoms with Gasteiger partial charge in [0, 0.05) is 24.4 Å². The molecule has 0 saturated heterocycles. The molecule has 2 aromatic rings. The highest BCUT2D eigenvalue weighted by Gasteiger charge is 2.17. The molecule has 1 aromatic heterocycles. The molecular formula is C14H16FN3O2. The summed E-state index contributed by atoms with van der Waals surface area (Å²) in [5.74, 6) is -1.16. The lowest BCUT2D eigenvalue weighted by atomic mass is 10.0. The second-order valence-corrected chi connectivity index (χ2v) is 4.45. The molecule has 0 atom stereocenters. The Morgan fingerprint density at radius 1 is 1.50 bits per heavy atom. The number of benzene rings is 1. The zero-order valence-corrected chi connectivity index (χ0v) is 11.4. The number of carbonyl (C=O) groups is 1. The van der Waals surface area contributed by atoms with Crippen molar-refractivity contribution in [2.24, 2.45) is 7.05 Å². The van der Waals surface area contributed by atoms with Crippen molar-refractivity contribution in [3.8, 4) is 11.1 Å². The lowest BCUT2D eigenvalue weighted by molar-refractivity contribution is 0.0506. The standard InChI is InChI=1S/C14H16FN3O2/c1-3-4-20-14(19)12-6-10(15)5-11(13(12)16)9-7-17-18(2)8-9/h5-8H,3-4,16H2,1-2H3. The number of esters is 1. The molecule has 2 N–H and O–H groups in total. The summed E-state index contributed by atoms with van der Waals surface area (Å²) in [6.07, 6.45) is 3.95. The highest BCUT2D eigenvalue weighted by molar-refractivity contribution is 5.99. The summed E-state index contributed by atoms with van der Waals surface area (Å²) < 4.78 is 20.3. The van der Waals surface area contributed by atoms with Crippen molar-refractivity contribution in [3.63, 3.8) is 0 Å². The molecule has 0 spiro atoms. The minimum Gasteiger partial charge on any atom is -0.462 e. The van der Waals surface area contributed by atoms with E-state index in [2.05, 4.69) is 5.10 Å². The van der Waals surface area contributed by atoms with Crippen molar-refractivity contribution in [3.05, 3.63) is 35.9 Å². The minimum atomic E-state index is -0.617. The van der Waals surface area contributed by atoms with Crippen LogP contribution in [-0.4, -0.2) is 22.4 Å². The summed E-state index contributed by atoms with van der Waals surface area (Å²) in [5, 5.41) is 4.01. The quantitative estimate of drug-likeness (QED) is 0.688. The average molecular weight is 277 g/mol. The van der Waals surface area contributed by atoms with E-state index in [4.69, 9.17) is 10.5 Å². The van der Waals surface area contributed by atoms with Crippen molar-refractivity contribution in [2.75, 3.05) is 12.3 Å². The second-order valence-electron chi connectivity index (χ2n) is 4.45. The van der Waals surface area contributed by atoms with Crippen molar-refractivity contribution < 1.29 is 13.9 Å². The zero-order valence-electron chi connectivity index (χ0n) is 11.4. The summed E-state index contributed by atoms with van der Waals surface area (Å²) in [6.45, 7) is 2.15. The van der Waals surface area contributed by atoms with Gasteiger partial charge in [0.15, 0.2) is 0 Å². The fraction of sp³-hybridized carbons (Fsp3) is 0.286. The molecule has 6 heteroatoms. The van der Waals surface area contributed by atoms with Crippen LogP contribution in [0.3, 0.4) is 0 Å². The molecule has 0 aliphatic rings. The molecule has 0 aliphatic heterocycles. The highest BCUT2D eigenvalue weighted by atomic mass is 19.1. The molecular weight excluding hydrogens is 261 g/mol. The number of rotatable bonds is 4. The smallest absolute Gasteiger partial charge is 0.340 e. The summed E-state index contributed by atoms with van der Waals surface area (Å²) in [4.78, 5) is 11.9. The lowest BCUT2D eigenvalue weighted by Crippen LogP contribution is -2.10. The van der Waals surface area contributed by atoms with Gasteiger partial charge >= 0.3 is 5.97 Å². The van der Waals surface area contributed by atoms with Crippen molar-refractivity contribution >= 4 is 11.7 Å². The molecule has 1 heterocycles.